The van der Waals surface area contributed by atoms with Gasteiger partial charge >= 0.3 is 0 Å². The standard InChI is InChI=1S/C12H15FN2O3S/c1-8-6-9(14)7-10(11(8)13)12(16)15-2-4-19(17,18)5-3-15/h6-7H,2-5,14H2,1H3. The molecule has 5 nitrogen and oxygen atoms in total. The average Bonchev–Trinajstić information content (AvgIpc) is 2.33. The first kappa shape index (κ1) is 13.8. The fourth-order valence-corrected chi connectivity index (χ4v) is 3.24. The molecule has 1 aromatic rings. The van der Waals surface area contributed by atoms with Crippen LogP contribution in [0.25, 0.3) is 0 Å². The third-order valence-electron chi connectivity index (χ3n) is 3.14. The molecule has 2 rings (SSSR count). The van der Waals surface area contributed by atoms with E-state index in [1.54, 1.807) is 0 Å². The van der Waals surface area contributed by atoms with Gasteiger partial charge in [0.1, 0.15) is 5.82 Å². The van der Waals surface area contributed by atoms with Crippen molar-refractivity contribution in [2.75, 3.05) is 30.3 Å². The van der Waals surface area contributed by atoms with E-state index in [9.17, 15) is 17.6 Å². The molecular formula is C12H15FN2O3S. The van der Waals surface area contributed by atoms with E-state index in [0.717, 1.165) is 0 Å². The van der Waals surface area contributed by atoms with Crippen molar-refractivity contribution in [3.05, 3.63) is 29.1 Å². The molecule has 0 saturated carbocycles. The fourth-order valence-electron chi connectivity index (χ4n) is 2.04. The Kier molecular flexibility index (Phi) is 3.49. The highest BCUT2D eigenvalue weighted by Gasteiger charge is 2.27. The smallest absolute Gasteiger partial charge is 0.256 e. The molecule has 0 atom stereocenters. The molecule has 0 aromatic heterocycles. The number of rotatable bonds is 1. The molecule has 1 aliphatic rings. The Morgan fingerprint density at radius 1 is 1.32 bits per heavy atom. The zero-order valence-corrected chi connectivity index (χ0v) is 11.3. The lowest BCUT2D eigenvalue weighted by molar-refractivity contribution is 0.0765. The maximum atomic E-state index is 13.9. The third kappa shape index (κ3) is 2.86. The SMILES string of the molecule is Cc1cc(N)cc(C(=O)N2CCS(=O)(=O)CC2)c1F. The Balaban J connectivity index is 2.26. The summed E-state index contributed by atoms with van der Waals surface area (Å²) in [5.41, 5.74) is 6.12. The quantitative estimate of drug-likeness (QED) is 0.766. The van der Waals surface area contributed by atoms with Crippen LogP contribution < -0.4 is 5.73 Å². The van der Waals surface area contributed by atoms with Gasteiger partial charge in [-0.15, -0.1) is 0 Å². The molecule has 0 aliphatic carbocycles. The molecule has 1 heterocycles. The zero-order valence-electron chi connectivity index (χ0n) is 10.5. The number of halogens is 1. The van der Waals surface area contributed by atoms with E-state index in [1.165, 1.54) is 24.0 Å². The average molecular weight is 286 g/mol. The number of amides is 1. The summed E-state index contributed by atoms with van der Waals surface area (Å²) in [6.45, 7) is 1.71. The van der Waals surface area contributed by atoms with E-state index in [-0.39, 0.29) is 30.2 Å². The first-order chi connectivity index (χ1) is 8.80. The molecular weight excluding hydrogens is 271 g/mol. The Labute approximate surface area is 111 Å². The van der Waals surface area contributed by atoms with Gasteiger partial charge in [0.15, 0.2) is 9.84 Å². The number of anilines is 1. The highest BCUT2D eigenvalue weighted by atomic mass is 32.2. The predicted octanol–water partition coefficient (Wildman–Crippen LogP) is 0.587. The molecule has 7 heteroatoms. The van der Waals surface area contributed by atoms with Crippen molar-refractivity contribution in [1.29, 1.82) is 0 Å². The minimum absolute atomic E-state index is 0.0817. The number of nitrogen functional groups attached to an aromatic ring is 1. The van der Waals surface area contributed by atoms with E-state index in [4.69, 9.17) is 5.73 Å². The van der Waals surface area contributed by atoms with Gasteiger partial charge in [-0.25, -0.2) is 12.8 Å². The van der Waals surface area contributed by atoms with Crippen LogP contribution >= 0.6 is 0 Å². The molecule has 0 radical (unpaired) electrons. The van der Waals surface area contributed by atoms with E-state index < -0.39 is 21.6 Å². The molecule has 1 amide bonds. The lowest BCUT2D eigenvalue weighted by Gasteiger charge is -2.27. The minimum atomic E-state index is -3.07. The van der Waals surface area contributed by atoms with Crippen molar-refractivity contribution in [2.24, 2.45) is 0 Å². The van der Waals surface area contributed by atoms with Crippen LogP contribution in [0.2, 0.25) is 0 Å². The van der Waals surface area contributed by atoms with Crippen LogP contribution in [0.3, 0.4) is 0 Å². The van der Waals surface area contributed by atoms with Gasteiger partial charge in [-0.3, -0.25) is 4.79 Å². The normalized spacial score (nSPS) is 18.3. The van der Waals surface area contributed by atoms with Gasteiger partial charge in [-0.05, 0) is 24.6 Å². The number of nitrogens with zero attached hydrogens (tertiary/aromatic N) is 1. The monoisotopic (exact) mass is 286 g/mol. The van der Waals surface area contributed by atoms with Crippen molar-refractivity contribution in [2.45, 2.75) is 6.92 Å². The number of carbonyl (C=O) groups is 1. The Hall–Kier alpha value is -1.63. The van der Waals surface area contributed by atoms with Crippen molar-refractivity contribution in [1.82, 2.24) is 4.90 Å². The summed E-state index contributed by atoms with van der Waals surface area (Å²) in [4.78, 5) is 13.5. The highest BCUT2D eigenvalue weighted by molar-refractivity contribution is 7.91. The van der Waals surface area contributed by atoms with Crippen molar-refractivity contribution < 1.29 is 17.6 Å². The van der Waals surface area contributed by atoms with Gasteiger partial charge in [-0.1, -0.05) is 0 Å². The summed E-state index contributed by atoms with van der Waals surface area (Å²) in [5, 5.41) is 0. The number of carbonyl (C=O) groups excluding carboxylic acids is 1. The van der Waals surface area contributed by atoms with Crippen LogP contribution in [-0.4, -0.2) is 43.8 Å². The lowest BCUT2D eigenvalue weighted by Crippen LogP contribution is -2.44. The molecule has 2 N–H and O–H groups in total. The molecule has 1 aliphatic heterocycles. The second-order valence-electron chi connectivity index (χ2n) is 4.64. The van der Waals surface area contributed by atoms with Crippen LogP contribution in [0.15, 0.2) is 12.1 Å². The van der Waals surface area contributed by atoms with Gasteiger partial charge < -0.3 is 10.6 Å². The number of nitrogens with two attached hydrogens (primary N) is 1. The minimum Gasteiger partial charge on any atom is -0.399 e. The molecule has 104 valence electrons. The van der Waals surface area contributed by atoms with Gasteiger partial charge in [0.2, 0.25) is 0 Å². The van der Waals surface area contributed by atoms with E-state index in [0.29, 0.717) is 11.3 Å². The maximum Gasteiger partial charge on any atom is 0.256 e. The molecule has 1 fully saturated rings. The number of sulfone groups is 1. The fraction of sp³-hybridized carbons (Fsp3) is 0.417. The zero-order chi connectivity index (χ0) is 14.2. The maximum absolute atomic E-state index is 13.9. The van der Waals surface area contributed by atoms with Gasteiger partial charge in [-0.2, -0.15) is 0 Å². The number of benzene rings is 1. The topological polar surface area (TPSA) is 80.5 Å². The van der Waals surface area contributed by atoms with Crippen LogP contribution in [-0.2, 0) is 9.84 Å². The summed E-state index contributed by atoms with van der Waals surface area (Å²) in [5.74, 6) is -1.28. The predicted molar refractivity (Wildman–Crippen MR) is 70.1 cm³/mol. The summed E-state index contributed by atoms with van der Waals surface area (Å²) < 4.78 is 36.5. The molecule has 0 spiro atoms. The van der Waals surface area contributed by atoms with E-state index >= 15 is 0 Å². The first-order valence-corrected chi connectivity index (χ1v) is 7.67. The van der Waals surface area contributed by atoms with Gasteiger partial charge in [0.05, 0.1) is 17.1 Å². The second-order valence-corrected chi connectivity index (χ2v) is 6.95. The van der Waals surface area contributed by atoms with Crippen LogP contribution in [0.5, 0.6) is 0 Å². The summed E-state index contributed by atoms with van der Waals surface area (Å²) in [7, 11) is -3.07. The summed E-state index contributed by atoms with van der Waals surface area (Å²) in [6.07, 6.45) is 0. The lowest BCUT2D eigenvalue weighted by atomic mass is 10.1. The van der Waals surface area contributed by atoms with Crippen LogP contribution in [0.4, 0.5) is 10.1 Å². The summed E-state index contributed by atoms with van der Waals surface area (Å²) in [6, 6.07) is 2.74. The highest BCUT2D eigenvalue weighted by Crippen LogP contribution is 2.19. The van der Waals surface area contributed by atoms with Crippen LogP contribution in [0, 0.1) is 12.7 Å². The van der Waals surface area contributed by atoms with Gasteiger partial charge in [0.25, 0.3) is 5.91 Å². The van der Waals surface area contributed by atoms with E-state index in [2.05, 4.69) is 0 Å². The van der Waals surface area contributed by atoms with Crippen molar-refractivity contribution in [3.63, 3.8) is 0 Å². The molecule has 1 saturated heterocycles. The van der Waals surface area contributed by atoms with E-state index in [1.807, 2.05) is 0 Å². The van der Waals surface area contributed by atoms with Crippen molar-refractivity contribution >= 4 is 21.4 Å². The second kappa shape index (κ2) is 4.80. The Morgan fingerprint density at radius 2 is 1.89 bits per heavy atom. The Bertz CT molecular complexity index is 614. The molecule has 19 heavy (non-hydrogen) atoms. The summed E-state index contributed by atoms with van der Waals surface area (Å²) >= 11 is 0. The molecule has 1 aromatic carbocycles. The van der Waals surface area contributed by atoms with Gasteiger partial charge in [0, 0.05) is 18.8 Å². The number of hydrogen-bond acceptors (Lipinski definition) is 4. The third-order valence-corrected chi connectivity index (χ3v) is 4.75. The number of aryl methyl sites for hydroxylation is 1. The largest absolute Gasteiger partial charge is 0.399 e. The molecule has 0 bridgehead atoms. The van der Waals surface area contributed by atoms with Crippen LogP contribution in [0.1, 0.15) is 15.9 Å². The van der Waals surface area contributed by atoms with Crippen molar-refractivity contribution in [3.8, 4) is 0 Å². The first-order valence-electron chi connectivity index (χ1n) is 5.85. The molecule has 0 unspecified atom stereocenters. The Morgan fingerprint density at radius 3 is 2.47 bits per heavy atom. The number of hydrogen-bond donors (Lipinski definition) is 1.